The molecule has 0 unspecified atom stereocenters. The van der Waals surface area contributed by atoms with Gasteiger partial charge in [0.2, 0.25) is 0 Å². The minimum absolute atomic E-state index is 0.191. The Hall–Kier alpha value is -0.510. The summed E-state index contributed by atoms with van der Waals surface area (Å²) in [6.07, 6.45) is 0. The van der Waals surface area contributed by atoms with Crippen LogP contribution >= 0.6 is 11.8 Å². The van der Waals surface area contributed by atoms with E-state index in [2.05, 4.69) is 25.1 Å². The van der Waals surface area contributed by atoms with E-state index in [1.807, 2.05) is 23.9 Å². The highest BCUT2D eigenvalue weighted by Crippen LogP contribution is 2.33. The number of hydrogen-bond acceptors (Lipinski definition) is 3. The zero-order valence-corrected chi connectivity index (χ0v) is 10.4. The molecule has 0 saturated carbocycles. The maximum Gasteiger partial charge on any atom is 0.139 e. The molecule has 1 aliphatic rings. The molecule has 0 bridgehead atoms. The summed E-state index contributed by atoms with van der Waals surface area (Å²) in [5.41, 5.74) is 1.02. The molecule has 3 heteroatoms. The molecule has 1 fully saturated rings. The molecule has 1 saturated heterocycles. The second-order valence-corrected chi connectivity index (χ2v) is 5.21. The molecule has 16 heavy (non-hydrogen) atoms. The Morgan fingerprint density at radius 3 is 2.75 bits per heavy atom. The predicted molar refractivity (Wildman–Crippen MR) is 66.7 cm³/mol. The molecule has 1 aliphatic heterocycles. The molecule has 0 amide bonds. The third-order valence-corrected chi connectivity index (χ3v) is 3.59. The monoisotopic (exact) mass is 237 g/mol. The van der Waals surface area contributed by atoms with Gasteiger partial charge in [0.1, 0.15) is 5.60 Å². The van der Waals surface area contributed by atoms with Crippen molar-refractivity contribution in [2.45, 2.75) is 12.5 Å². The van der Waals surface area contributed by atoms with Gasteiger partial charge < -0.3 is 9.47 Å². The molecular weight excluding hydrogens is 220 g/mol. The van der Waals surface area contributed by atoms with E-state index < -0.39 is 0 Å². The van der Waals surface area contributed by atoms with E-state index in [0.717, 1.165) is 18.1 Å². The van der Waals surface area contributed by atoms with Crippen molar-refractivity contribution in [3.8, 4) is 0 Å². The Labute approximate surface area is 101 Å². The zero-order chi connectivity index (χ0) is 11.3. The fraction of sp³-hybridized carbons (Fsp3) is 0.538. The first-order valence-corrected chi connectivity index (χ1v) is 6.79. The summed E-state index contributed by atoms with van der Waals surface area (Å²) in [7, 11) is 0. The first-order valence-electron chi connectivity index (χ1n) is 5.63. The summed E-state index contributed by atoms with van der Waals surface area (Å²) in [5.74, 6) is 2.20. The average Bonchev–Trinajstić information content (AvgIpc) is 2.28. The van der Waals surface area contributed by atoms with Gasteiger partial charge in [0.05, 0.1) is 19.8 Å². The maximum absolute atomic E-state index is 5.99. The van der Waals surface area contributed by atoms with E-state index in [1.165, 1.54) is 5.56 Å². The van der Waals surface area contributed by atoms with Crippen LogP contribution < -0.4 is 0 Å². The lowest BCUT2D eigenvalue weighted by Gasteiger charge is -2.41. The van der Waals surface area contributed by atoms with Crippen LogP contribution in [-0.4, -0.2) is 31.3 Å². The zero-order valence-electron chi connectivity index (χ0n) is 9.57. The number of rotatable bonds is 6. The summed E-state index contributed by atoms with van der Waals surface area (Å²) in [4.78, 5) is 0. The van der Waals surface area contributed by atoms with Crippen molar-refractivity contribution in [2.24, 2.45) is 0 Å². The number of hydrogen-bond donors (Lipinski definition) is 0. The molecule has 0 spiro atoms. The Bertz CT molecular complexity index is 309. The smallest absolute Gasteiger partial charge is 0.139 e. The second kappa shape index (κ2) is 5.71. The van der Waals surface area contributed by atoms with Crippen molar-refractivity contribution in [2.75, 3.05) is 31.3 Å². The van der Waals surface area contributed by atoms with Crippen LogP contribution in [0.5, 0.6) is 0 Å². The summed E-state index contributed by atoms with van der Waals surface area (Å²) in [6, 6.07) is 11.0. The largest absolute Gasteiger partial charge is 0.375 e. The van der Waals surface area contributed by atoms with E-state index in [0.29, 0.717) is 13.2 Å². The van der Waals surface area contributed by atoms with Gasteiger partial charge in [-0.05, 0) is 17.4 Å². The minimum atomic E-state index is -0.191. The first-order chi connectivity index (χ1) is 7.87. The highest BCUT2D eigenvalue weighted by Gasteiger charge is 2.41. The van der Waals surface area contributed by atoms with E-state index >= 15 is 0 Å². The molecule has 0 aliphatic carbocycles. The molecular formula is C13H17O2S. The van der Waals surface area contributed by atoms with Crippen LogP contribution in [0.2, 0.25) is 0 Å². The van der Waals surface area contributed by atoms with Gasteiger partial charge >= 0.3 is 0 Å². The molecule has 1 aromatic carbocycles. The SMILES string of the molecule is CCSCCOC1(c2cc[c]cc2)COC1. The Balaban J connectivity index is 1.92. The third-order valence-electron chi connectivity index (χ3n) is 2.72. The Morgan fingerprint density at radius 2 is 2.19 bits per heavy atom. The van der Waals surface area contributed by atoms with Gasteiger partial charge in [0, 0.05) is 5.75 Å². The van der Waals surface area contributed by atoms with Crippen LogP contribution in [0.25, 0.3) is 0 Å². The van der Waals surface area contributed by atoms with Gasteiger partial charge in [-0.25, -0.2) is 0 Å². The van der Waals surface area contributed by atoms with Gasteiger partial charge in [0.15, 0.2) is 0 Å². The topological polar surface area (TPSA) is 18.5 Å². The van der Waals surface area contributed by atoms with Gasteiger partial charge in [-0.2, -0.15) is 11.8 Å². The average molecular weight is 237 g/mol. The molecule has 2 rings (SSSR count). The van der Waals surface area contributed by atoms with Crippen molar-refractivity contribution in [3.63, 3.8) is 0 Å². The number of benzene rings is 1. The van der Waals surface area contributed by atoms with Crippen molar-refractivity contribution < 1.29 is 9.47 Å². The molecule has 0 atom stereocenters. The van der Waals surface area contributed by atoms with E-state index in [1.54, 1.807) is 0 Å². The fourth-order valence-electron chi connectivity index (χ4n) is 1.75. The van der Waals surface area contributed by atoms with Crippen LogP contribution in [0.4, 0.5) is 0 Å². The second-order valence-electron chi connectivity index (χ2n) is 3.82. The van der Waals surface area contributed by atoms with Crippen LogP contribution in [0.3, 0.4) is 0 Å². The molecule has 2 nitrogen and oxygen atoms in total. The standard InChI is InChI=1S/C13H17O2S/c1-2-16-9-8-15-13(10-14-11-13)12-6-4-3-5-7-12/h4-7H,2,8-11H2,1H3. The number of ether oxygens (including phenoxy) is 2. The minimum Gasteiger partial charge on any atom is -0.375 e. The van der Waals surface area contributed by atoms with E-state index in [4.69, 9.17) is 9.47 Å². The number of thioether (sulfide) groups is 1. The van der Waals surface area contributed by atoms with Crippen molar-refractivity contribution in [1.82, 2.24) is 0 Å². The fourth-order valence-corrected chi connectivity index (χ4v) is 2.24. The van der Waals surface area contributed by atoms with E-state index in [9.17, 15) is 0 Å². The van der Waals surface area contributed by atoms with Gasteiger partial charge in [-0.3, -0.25) is 0 Å². The van der Waals surface area contributed by atoms with Crippen molar-refractivity contribution in [3.05, 3.63) is 35.9 Å². The van der Waals surface area contributed by atoms with E-state index in [-0.39, 0.29) is 5.60 Å². The maximum atomic E-state index is 5.99. The quantitative estimate of drug-likeness (QED) is 0.708. The predicted octanol–water partition coefficient (Wildman–Crippen LogP) is 2.48. The highest BCUT2D eigenvalue weighted by molar-refractivity contribution is 7.99. The molecule has 87 valence electrons. The summed E-state index contributed by atoms with van der Waals surface area (Å²) < 4.78 is 11.3. The van der Waals surface area contributed by atoms with Gasteiger partial charge in [-0.1, -0.05) is 31.2 Å². The van der Waals surface area contributed by atoms with Crippen LogP contribution in [0.1, 0.15) is 12.5 Å². The normalized spacial score (nSPS) is 18.1. The Morgan fingerprint density at radius 1 is 1.44 bits per heavy atom. The lowest BCUT2D eigenvalue weighted by molar-refractivity contribution is -0.214. The molecule has 1 radical (unpaired) electrons. The summed E-state index contributed by atoms with van der Waals surface area (Å²) in [6.45, 7) is 4.31. The molecule has 0 N–H and O–H groups in total. The van der Waals surface area contributed by atoms with Crippen molar-refractivity contribution >= 4 is 11.8 Å². The summed E-state index contributed by atoms with van der Waals surface area (Å²) >= 11 is 1.91. The first kappa shape index (κ1) is 12.0. The van der Waals surface area contributed by atoms with Gasteiger partial charge in [-0.15, -0.1) is 0 Å². The molecule has 1 heterocycles. The van der Waals surface area contributed by atoms with Crippen LogP contribution in [0.15, 0.2) is 24.3 Å². The van der Waals surface area contributed by atoms with Crippen LogP contribution in [0, 0.1) is 6.07 Å². The molecule has 1 aromatic rings. The third kappa shape index (κ3) is 2.59. The highest BCUT2D eigenvalue weighted by atomic mass is 32.2. The lowest BCUT2D eigenvalue weighted by atomic mass is 9.92. The lowest BCUT2D eigenvalue weighted by Crippen LogP contribution is -2.49. The van der Waals surface area contributed by atoms with Crippen molar-refractivity contribution in [1.29, 1.82) is 0 Å². The molecule has 0 aromatic heterocycles. The van der Waals surface area contributed by atoms with Crippen LogP contribution in [-0.2, 0) is 15.1 Å². The Kier molecular flexibility index (Phi) is 4.27. The summed E-state index contributed by atoms with van der Waals surface area (Å²) in [5, 5.41) is 0. The van der Waals surface area contributed by atoms with Gasteiger partial charge in [0.25, 0.3) is 0 Å².